The van der Waals surface area contributed by atoms with E-state index in [1.165, 1.54) is 12.1 Å². The van der Waals surface area contributed by atoms with Crippen molar-refractivity contribution in [2.75, 3.05) is 6.54 Å². The molecule has 1 saturated heterocycles. The number of hydrogen-bond acceptors (Lipinski definition) is 2. The van der Waals surface area contributed by atoms with Crippen LogP contribution in [0, 0.1) is 16.6 Å². The minimum atomic E-state index is -1.09. The molecule has 4 aliphatic rings. The summed E-state index contributed by atoms with van der Waals surface area (Å²) in [5.41, 5.74) is 0.816. The molecule has 0 radical (unpaired) electrons. The van der Waals surface area contributed by atoms with E-state index < -0.39 is 23.7 Å². The monoisotopic (exact) mass is 383 g/mol. The number of rotatable bonds is 4. The van der Waals surface area contributed by atoms with Gasteiger partial charge in [-0.3, -0.25) is 4.79 Å². The zero-order valence-electron chi connectivity index (χ0n) is 15.5. The Morgan fingerprint density at radius 1 is 1.11 bits per heavy atom. The molecule has 2 aromatic carbocycles. The fourth-order valence-corrected chi connectivity index (χ4v) is 5.72. The van der Waals surface area contributed by atoms with E-state index in [1.807, 2.05) is 30.3 Å². The van der Waals surface area contributed by atoms with Crippen LogP contribution in [0.4, 0.5) is 8.78 Å². The second-order valence-electron chi connectivity index (χ2n) is 8.85. The van der Waals surface area contributed by atoms with Crippen LogP contribution in [0.5, 0.6) is 0 Å². The lowest BCUT2D eigenvalue weighted by Gasteiger charge is -2.71. The van der Waals surface area contributed by atoms with Crippen molar-refractivity contribution in [2.24, 2.45) is 10.8 Å². The third-order valence-corrected chi connectivity index (χ3v) is 6.96. The van der Waals surface area contributed by atoms with Gasteiger partial charge in [-0.15, -0.1) is 0 Å². The van der Waals surface area contributed by atoms with Crippen molar-refractivity contribution in [3.8, 4) is 0 Å². The lowest BCUT2D eigenvalue weighted by molar-refractivity contribution is -0.254. The Morgan fingerprint density at radius 3 is 2.50 bits per heavy atom. The first-order valence-corrected chi connectivity index (χ1v) is 9.86. The first kappa shape index (κ1) is 17.8. The Morgan fingerprint density at radius 2 is 1.82 bits per heavy atom. The lowest BCUT2D eigenvalue weighted by atomic mass is 9.33. The minimum Gasteiger partial charge on any atom is -0.388 e. The van der Waals surface area contributed by atoms with Crippen LogP contribution in [0.2, 0.25) is 0 Å². The van der Waals surface area contributed by atoms with Gasteiger partial charge in [0.15, 0.2) is 0 Å². The molecule has 0 spiro atoms. The molecule has 3 aliphatic carbocycles. The van der Waals surface area contributed by atoms with Crippen LogP contribution in [0.3, 0.4) is 0 Å². The van der Waals surface area contributed by atoms with Gasteiger partial charge in [-0.2, -0.15) is 0 Å². The molecule has 0 aromatic heterocycles. The number of amides is 1. The Labute approximate surface area is 163 Å². The summed E-state index contributed by atoms with van der Waals surface area (Å²) in [6.07, 6.45) is 0.459. The Kier molecular flexibility index (Phi) is 3.89. The summed E-state index contributed by atoms with van der Waals surface area (Å²) in [5.74, 6) is -0.410. The van der Waals surface area contributed by atoms with Gasteiger partial charge in [0.2, 0.25) is 5.91 Å². The maximum atomic E-state index is 14.2. The zero-order chi connectivity index (χ0) is 19.5. The molecule has 146 valence electrons. The van der Waals surface area contributed by atoms with E-state index in [0.29, 0.717) is 24.8 Å². The van der Waals surface area contributed by atoms with Crippen molar-refractivity contribution in [1.29, 1.82) is 0 Å². The highest BCUT2D eigenvalue weighted by Gasteiger charge is 2.74. The van der Waals surface area contributed by atoms with Gasteiger partial charge in [0.1, 0.15) is 12.0 Å². The van der Waals surface area contributed by atoms with Crippen LogP contribution >= 0.6 is 0 Å². The molecule has 4 fully saturated rings. The summed E-state index contributed by atoms with van der Waals surface area (Å²) < 4.78 is 27.8. The molecule has 3 saturated carbocycles. The standard InChI is InChI=1S/C23H23F2NO2/c24-17-8-4-7-16(9-17)19-10-18(25)11-26(19)21(28)23-12-22(13-23,14-23)20(27)15-5-2-1-3-6-15/h1-9,18-20,27H,10-14H2. The van der Waals surface area contributed by atoms with Crippen molar-refractivity contribution in [3.63, 3.8) is 0 Å². The van der Waals surface area contributed by atoms with Crippen molar-refractivity contribution in [2.45, 2.75) is 44.0 Å². The van der Waals surface area contributed by atoms with Gasteiger partial charge in [-0.05, 0) is 42.5 Å². The normalized spacial score (nSPS) is 34.5. The van der Waals surface area contributed by atoms with Crippen molar-refractivity contribution >= 4 is 5.91 Å². The van der Waals surface area contributed by atoms with Crippen LogP contribution in [0.1, 0.15) is 49.0 Å². The molecule has 2 bridgehead atoms. The quantitative estimate of drug-likeness (QED) is 0.853. The fraction of sp³-hybridized carbons (Fsp3) is 0.435. The molecular formula is C23H23F2NO2. The number of halogens is 2. The number of carbonyl (C=O) groups excluding carboxylic acids is 1. The van der Waals surface area contributed by atoms with E-state index in [4.69, 9.17) is 0 Å². The number of aliphatic hydroxyl groups is 1. The summed E-state index contributed by atoms with van der Waals surface area (Å²) in [4.78, 5) is 14.9. The topological polar surface area (TPSA) is 40.5 Å². The maximum Gasteiger partial charge on any atom is 0.229 e. The SMILES string of the molecule is O=C(N1CC(F)CC1c1cccc(F)c1)C12CC(C(O)c3ccccc3)(C1)C2. The van der Waals surface area contributed by atoms with Gasteiger partial charge in [0, 0.05) is 11.8 Å². The van der Waals surface area contributed by atoms with Gasteiger partial charge < -0.3 is 10.0 Å². The smallest absolute Gasteiger partial charge is 0.229 e. The Bertz CT molecular complexity index is 896. The van der Waals surface area contributed by atoms with Gasteiger partial charge >= 0.3 is 0 Å². The highest BCUT2D eigenvalue weighted by Crippen LogP contribution is 2.78. The van der Waals surface area contributed by atoms with Crippen molar-refractivity contribution < 1.29 is 18.7 Å². The third-order valence-electron chi connectivity index (χ3n) is 6.96. The van der Waals surface area contributed by atoms with Gasteiger partial charge in [-0.25, -0.2) is 8.78 Å². The highest BCUT2D eigenvalue weighted by atomic mass is 19.1. The van der Waals surface area contributed by atoms with Crippen LogP contribution in [-0.2, 0) is 4.79 Å². The first-order chi connectivity index (χ1) is 13.4. The second kappa shape index (κ2) is 6.11. The zero-order valence-corrected chi connectivity index (χ0v) is 15.5. The van der Waals surface area contributed by atoms with E-state index in [-0.39, 0.29) is 30.1 Å². The van der Waals surface area contributed by atoms with E-state index in [2.05, 4.69) is 0 Å². The number of nitrogens with zero attached hydrogens (tertiary/aromatic N) is 1. The molecule has 5 heteroatoms. The Hall–Kier alpha value is -2.27. The summed E-state index contributed by atoms with van der Waals surface area (Å²) in [6.45, 7) is 0.0655. The maximum absolute atomic E-state index is 14.2. The molecule has 3 nitrogen and oxygen atoms in total. The van der Waals surface area contributed by atoms with Crippen LogP contribution in [0.25, 0.3) is 0 Å². The summed E-state index contributed by atoms with van der Waals surface area (Å²) in [7, 11) is 0. The van der Waals surface area contributed by atoms with Gasteiger partial charge in [-0.1, -0.05) is 42.5 Å². The second-order valence-corrected chi connectivity index (χ2v) is 8.85. The van der Waals surface area contributed by atoms with Gasteiger partial charge in [0.25, 0.3) is 0 Å². The van der Waals surface area contributed by atoms with Crippen LogP contribution < -0.4 is 0 Å². The summed E-state index contributed by atoms with van der Waals surface area (Å²) in [6, 6.07) is 15.2. The van der Waals surface area contributed by atoms with Crippen LogP contribution in [-0.4, -0.2) is 28.6 Å². The molecule has 1 aliphatic heterocycles. The van der Waals surface area contributed by atoms with E-state index in [1.54, 1.807) is 17.0 Å². The molecule has 3 atom stereocenters. The number of aliphatic hydroxyl groups excluding tert-OH is 1. The minimum absolute atomic E-state index is 0.0379. The van der Waals surface area contributed by atoms with Gasteiger partial charge in [0.05, 0.1) is 24.1 Å². The van der Waals surface area contributed by atoms with E-state index in [0.717, 1.165) is 5.56 Å². The first-order valence-electron chi connectivity index (χ1n) is 9.86. The number of carbonyl (C=O) groups is 1. The molecule has 1 N–H and O–H groups in total. The lowest BCUT2D eigenvalue weighted by Crippen LogP contribution is -2.69. The Balaban J connectivity index is 1.33. The molecule has 2 aromatic rings. The number of alkyl halides is 1. The van der Waals surface area contributed by atoms with Crippen molar-refractivity contribution in [3.05, 3.63) is 71.5 Å². The average Bonchev–Trinajstić information content (AvgIpc) is 3.02. The van der Waals surface area contributed by atoms with Crippen molar-refractivity contribution in [1.82, 2.24) is 4.90 Å². The highest BCUT2D eigenvalue weighted by molar-refractivity contribution is 5.87. The predicted octanol–water partition coefficient (Wildman–Crippen LogP) is 4.34. The number of benzene rings is 2. The third kappa shape index (κ3) is 2.52. The predicted molar refractivity (Wildman–Crippen MR) is 100 cm³/mol. The summed E-state index contributed by atoms with van der Waals surface area (Å²) in [5, 5.41) is 10.8. The number of likely N-dealkylation sites (tertiary alicyclic amines) is 1. The largest absolute Gasteiger partial charge is 0.388 e. The molecule has 3 unspecified atom stereocenters. The average molecular weight is 383 g/mol. The molecule has 28 heavy (non-hydrogen) atoms. The molecule has 1 amide bonds. The molecule has 6 rings (SSSR count). The van der Waals surface area contributed by atoms with Crippen LogP contribution in [0.15, 0.2) is 54.6 Å². The number of hydrogen-bond donors (Lipinski definition) is 1. The fourth-order valence-electron chi connectivity index (χ4n) is 5.72. The molecule has 1 heterocycles. The van der Waals surface area contributed by atoms with E-state index in [9.17, 15) is 18.7 Å². The molecular weight excluding hydrogens is 360 g/mol. The summed E-state index contributed by atoms with van der Waals surface area (Å²) >= 11 is 0. The van der Waals surface area contributed by atoms with E-state index >= 15 is 0 Å².